The van der Waals surface area contributed by atoms with Crippen molar-refractivity contribution in [2.45, 2.75) is 32.7 Å². The van der Waals surface area contributed by atoms with E-state index in [1.165, 1.54) is 6.07 Å². The largest absolute Gasteiger partial charge is 0.370 e. The van der Waals surface area contributed by atoms with Gasteiger partial charge in [0, 0.05) is 29.6 Å². The van der Waals surface area contributed by atoms with Crippen LogP contribution in [0.1, 0.15) is 27.2 Å². The molecule has 0 radical (unpaired) electrons. The van der Waals surface area contributed by atoms with Gasteiger partial charge in [-0.05, 0) is 67.2 Å². The van der Waals surface area contributed by atoms with Crippen LogP contribution in [0.15, 0.2) is 22.7 Å². The lowest BCUT2D eigenvalue weighted by Crippen LogP contribution is -2.39. The van der Waals surface area contributed by atoms with Crippen LogP contribution in [-0.4, -0.2) is 25.2 Å². The minimum absolute atomic E-state index is 0.160. The summed E-state index contributed by atoms with van der Waals surface area (Å²) in [5, 5.41) is 3.55. The van der Waals surface area contributed by atoms with Crippen molar-refractivity contribution >= 4 is 21.6 Å². The highest BCUT2D eigenvalue weighted by Gasteiger charge is 2.25. The molecule has 1 N–H and O–H groups in total. The first-order chi connectivity index (χ1) is 8.85. The van der Waals surface area contributed by atoms with Gasteiger partial charge in [-0.1, -0.05) is 0 Å². The molecular weight excluding hydrogens is 307 g/mol. The second-order valence-corrected chi connectivity index (χ2v) is 7.18. The summed E-state index contributed by atoms with van der Waals surface area (Å²) >= 11 is 3.51. The van der Waals surface area contributed by atoms with Gasteiger partial charge in [-0.25, -0.2) is 4.39 Å². The smallest absolute Gasteiger partial charge is 0.125 e. The first-order valence-corrected chi connectivity index (χ1v) is 7.59. The Hall–Kier alpha value is -0.610. The zero-order valence-electron chi connectivity index (χ0n) is 11.8. The average molecular weight is 329 g/mol. The number of hydrogen-bond donors (Lipinski definition) is 1. The minimum Gasteiger partial charge on any atom is -0.370 e. The Morgan fingerprint density at radius 1 is 1.42 bits per heavy atom. The first kappa shape index (κ1) is 14.8. The highest BCUT2D eigenvalue weighted by molar-refractivity contribution is 9.10. The number of hydrogen-bond acceptors (Lipinski definition) is 2. The lowest BCUT2D eigenvalue weighted by atomic mass is 10.1. The number of halogens is 2. The Kier molecular flexibility index (Phi) is 4.51. The average Bonchev–Trinajstić information content (AvgIpc) is 2.77. The summed E-state index contributed by atoms with van der Waals surface area (Å²) < 4.78 is 14.3. The molecule has 2 nitrogen and oxygen atoms in total. The van der Waals surface area contributed by atoms with E-state index in [4.69, 9.17) is 0 Å². The maximum atomic E-state index is 13.3. The maximum Gasteiger partial charge on any atom is 0.125 e. The van der Waals surface area contributed by atoms with E-state index in [2.05, 4.69) is 46.9 Å². The molecule has 1 atom stereocenters. The summed E-state index contributed by atoms with van der Waals surface area (Å²) in [6, 6.07) is 4.89. The topological polar surface area (TPSA) is 15.3 Å². The van der Waals surface area contributed by atoms with Crippen LogP contribution in [0, 0.1) is 11.7 Å². The molecule has 106 valence electrons. The zero-order valence-corrected chi connectivity index (χ0v) is 13.4. The summed E-state index contributed by atoms with van der Waals surface area (Å²) in [6.07, 6.45) is 1.16. The fraction of sp³-hybridized carbons (Fsp3) is 0.600. The fourth-order valence-corrected chi connectivity index (χ4v) is 2.89. The van der Waals surface area contributed by atoms with Gasteiger partial charge in [0.2, 0.25) is 0 Å². The Morgan fingerprint density at radius 2 is 2.16 bits per heavy atom. The van der Waals surface area contributed by atoms with Crippen LogP contribution < -0.4 is 10.2 Å². The highest BCUT2D eigenvalue weighted by Crippen LogP contribution is 2.31. The number of rotatable bonds is 3. The predicted octanol–water partition coefficient (Wildman–Crippen LogP) is 3.80. The summed E-state index contributed by atoms with van der Waals surface area (Å²) in [7, 11) is 0. The van der Waals surface area contributed by atoms with Crippen molar-refractivity contribution in [1.82, 2.24) is 5.32 Å². The molecule has 1 aromatic rings. The number of benzene rings is 1. The molecule has 0 saturated carbocycles. The van der Waals surface area contributed by atoms with E-state index in [0.717, 1.165) is 36.2 Å². The van der Waals surface area contributed by atoms with Crippen molar-refractivity contribution in [3.8, 4) is 0 Å². The van der Waals surface area contributed by atoms with Gasteiger partial charge >= 0.3 is 0 Å². The molecule has 1 fully saturated rings. The van der Waals surface area contributed by atoms with Gasteiger partial charge in [-0.2, -0.15) is 0 Å². The van der Waals surface area contributed by atoms with Crippen molar-refractivity contribution in [3.05, 3.63) is 28.5 Å². The first-order valence-electron chi connectivity index (χ1n) is 6.80. The Balaban J connectivity index is 1.96. The molecule has 0 bridgehead atoms. The molecule has 0 aromatic heterocycles. The fourth-order valence-electron chi connectivity index (χ4n) is 2.40. The van der Waals surface area contributed by atoms with E-state index in [0.29, 0.717) is 5.92 Å². The summed E-state index contributed by atoms with van der Waals surface area (Å²) in [5.41, 5.74) is 1.13. The zero-order chi connectivity index (χ0) is 14.0. The van der Waals surface area contributed by atoms with Gasteiger partial charge in [0.1, 0.15) is 5.82 Å². The normalized spacial score (nSPS) is 20.1. The standard InChI is InChI=1S/C15H22BrFN2/c1-15(2,3)18-9-11-6-7-19(10-11)14-8-12(17)4-5-13(14)16/h4-5,8,11,18H,6-7,9-10H2,1-3H3. The van der Waals surface area contributed by atoms with Crippen LogP contribution in [0.4, 0.5) is 10.1 Å². The van der Waals surface area contributed by atoms with Gasteiger partial charge in [-0.15, -0.1) is 0 Å². The van der Waals surface area contributed by atoms with Crippen LogP contribution in [0.5, 0.6) is 0 Å². The molecule has 1 unspecified atom stereocenters. The molecule has 1 aromatic carbocycles. The van der Waals surface area contributed by atoms with E-state index < -0.39 is 0 Å². The van der Waals surface area contributed by atoms with Crippen LogP contribution in [0.2, 0.25) is 0 Å². The van der Waals surface area contributed by atoms with Gasteiger partial charge in [-0.3, -0.25) is 0 Å². The lowest BCUT2D eigenvalue weighted by Gasteiger charge is -2.24. The molecule has 1 saturated heterocycles. The Labute approximate surface area is 123 Å². The maximum absolute atomic E-state index is 13.3. The van der Waals surface area contributed by atoms with E-state index in [1.54, 1.807) is 12.1 Å². The van der Waals surface area contributed by atoms with Crippen molar-refractivity contribution in [2.75, 3.05) is 24.5 Å². The summed E-state index contributed by atoms with van der Waals surface area (Å²) in [6.45, 7) is 9.56. The van der Waals surface area contributed by atoms with Crippen LogP contribution in [0.25, 0.3) is 0 Å². The molecule has 0 spiro atoms. The van der Waals surface area contributed by atoms with Gasteiger partial charge in [0.15, 0.2) is 0 Å². The number of nitrogens with zero attached hydrogens (tertiary/aromatic N) is 1. The van der Waals surface area contributed by atoms with E-state index in [1.807, 2.05) is 0 Å². The molecule has 4 heteroatoms. The molecule has 1 aliphatic rings. The molecule has 1 heterocycles. The molecule has 2 rings (SSSR count). The van der Waals surface area contributed by atoms with Gasteiger partial charge < -0.3 is 10.2 Å². The minimum atomic E-state index is -0.172. The number of nitrogens with one attached hydrogen (secondary N) is 1. The van der Waals surface area contributed by atoms with Crippen molar-refractivity contribution in [1.29, 1.82) is 0 Å². The third-order valence-corrected chi connectivity index (χ3v) is 4.13. The van der Waals surface area contributed by atoms with Crippen LogP contribution in [-0.2, 0) is 0 Å². The SMILES string of the molecule is CC(C)(C)NCC1CCN(c2cc(F)ccc2Br)C1. The third kappa shape index (κ3) is 4.18. The van der Waals surface area contributed by atoms with E-state index in [9.17, 15) is 4.39 Å². The summed E-state index contributed by atoms with van der Waals surface area (Å²) in [5.74, 6) is 0.462. The summed E-state index contributed by atoms with van der Waals surface area (Å²) in [4.78, 5) is 2.27. The van der Waals surface area contributed by atoms with Crippen molar-refractivity contribution in [2.24, 2.45) is 5.92 Å². The number of anilines is 1. The molecule has 19 heavy (non-hydrogen) atoms. The molecule has 0 amide bonds. The monoisotopic (exact) mass is 328 g/mol. The van der Waals surface area contributed by atoms with Gasteiger partial charge in [0.25, 0.3) is 0 Å². The molecule has 0 aliphatic carbocycles. The predicted molar refractivity (Wildman–Crippen MR) is 82.2 cm³/mol. The molecular formula is C15H22BrFN2. The van der Waals surface area contributed by atoms with E-state index >= 15 is 0 Å². The second kappa shape index (κ2) is 5.80. The Bertz CT molecular complexity index is 442. The Morgan fingerprint density at radius 3 is 2.84 bits per heavy atom. The van der Waals surface area contributed by atoms with Crippen molar-refractivity contribution in [3.63, 3.8) is 0 Å². The van der Waals surface area contributed by atoms with Gasteiger partial charge in [0.05, 0.1) is 5.69 Å². The molecule has 1 aliphatic heterocycles. The van der Waals surface area contributed by atoms with Crippen LogP contribution in [0.3, 0.4) is 0 Å². The highest BCUT2D eigenvalue weighted by atomic mass is 79.9. The van der Waals surface area contributed by atoms with Crippen molar-refractivity contribution < 1.29 is 4.39 Å². The van der Waals surface area contributed by atoms with E-state index in [-0.39, 0.29) is 11.4 Å². The quantitative estimate of drug-likeness (QED) is 0.907. The second-order valence-electron chi connectivity index (χ2n) is 6.33. The lowest BCUT2D eigenvalue weighted by molar-refractivity contribution is 0.383. The third-order valence-electron chi connectivity index (χ3n) is 3.46. The van der Waals surface area contributed by atoms with Crippen LogP contribution >= 0.6 is 15.9 Å².